The highest BCUT2D eigenvalue weighted by molar-refractivity contribution is 5.89. The monoisotopic (exact) mass is 184 g/mol. The molecule has 0 saturated heterocycles. The lowest BCUT2D eigenvalue weighted by atomic mass is 9.87. The summed E-state index contributed by atoms with van der Waals surface area (Å²) in [4.78, 5) is 0. The molecule has 3 rings (SSSR count). The molecule has 14 heavy (non-hydrogen) atoms. The first-order chi connectivity index (χ1) is 6.84. The molecule has 1 heteroatoms. The Morgan fingerprint density at radius 2 is 1.50 bits per heavy atom. The van der Waals surface area contributed by atoms with Crippen molar-refractivity contribution in [1.29, 1.82) is 0 Å². The predicted molar refractivity (Wildman–Crippen MR) is 57.4 cm³/mol. The molecule has 70 valence electrons. The average Bonchev–Trinajstić information content (AvgIpc) is 2.18. The highest BCUT2D eigenvalue weighted by Crippen LogP contribution is 2.29. The van der Waals surface area contributed by atoms with E-state index in [1.165, 1.54) is 21.9 Å². The van der Waals surface area contributed by atoms with Crippen LogP contribution in [-0.4, -0.2) is 11.2 Å². The molecular weight excluding hydrogens is 172 g/mol. The van der Waals surface area contributed by atoms with Gasteiger partial charge >= 0.3 is 0 Å². The van der Waals surface area contributed by atoms with Gasteiger partial charge in [-0.1, -0.05) is 36.4 Å². The highest BCUT2D eigenvalue weighted by Gasteiger charge is 2.17. The van der Waals surface area contributed by atoms with Crippen LogP contribution in [0.5, 0.6) is 0 Å². The molecule has 1 aliphatic rings. The Kier molecular flexibility index (Phi) is 1.62. The maximum absolute atomic E-state index is 9.71. The van der Waals surface area contributed by atoms with Crippen molar-refractivity contribution in [2.75, 3.05) is 0 Å². The smallest absolute Gasteiger partial charge is 0.0621 e. The largest absolute Gasteiger partial charge is 0.392 e. The maximum Gasteiger partial charge on any atom is 0.0621 e. The lowest BCUT2D eigenvalue weighted by Gasteiger charge is -2.21. The Bertz CT molecular complexity index is 447. The minimum atomic E-state index is -0.199. The summed E-state index contributed by atoms with van der Waals surface area (Å²) in [6.45, 7) is 0. The van der Waals surface area contributed by atoms with Gasteiger partial charge in [-0.15, -0.1) is 0 Å². The molecule has 2 aromatic carbocycles. The zero-order valence-electron chi connectivity index (χ0n) is 7.90. The lowest BCUT2D eigenvalue weighted by molar-refractivity contribution is 0.173. The molecule has 0 bridgehead atoms. The molecule has 0 fully saturated rings. The van der Waals surface area contributed by atoms with Gasteiger partial charge in [0.15, 0.2) is 0 Å². The first-order valence-electron chi connectivity index (χ1n) is 5.02. The fourth-order valence-electron chi connectivity index (χ4n) is 2.42. The van der Waals surface area contributed by atoms with Crippen molar-refractivity contribution in [1.82, 2.24) is 0 Å². The number of hydrogen-bond acceptors (Lipinski definition) is 1. The minimum absolute atomic E-state index is 0.199. The van der Waals surface area contributed by atoms with E-state index in [1.807, 2.05) is 0 Å². The molecule has 0 amide bonds. The second-order valence-corrected chi connectivity index (χ2v) is 3.99. The van der Waals surface area contributed by atoms with Gasteiger partial charge in [-0.3, -0.25) is 0 Å². The third-order valence-electron chi connectivity index (χ3n) is 2.99. The van der Waals surface area contributed by atoms with Gasteiger partial charge in [0.1, 0.15) is 0 Å². The molecule has 0 atom stereocenters. The van der Waals surface area contributed by atoms with Crippen LogP contribution in [0, 0.1) is 0 Å². The van der Waals surface area contributed by atoms with Crippen LogP contribution in [0.25, 0.3) is 10.8 Å². The van der Waals surface area contributed by atoms with E-state index in [2.05, 4.69) is 36.4 Å². The van der Waals surface area contributed by atoms with Gasteiger partial charge in [-0.25, -0.2) is 0 Å². The fraction of sp³-hybridized carbons (Fsp3) is 0.231. The van der Waals surface area contributed by atoms with Gasteiger partial charge in [0.2, 0.25) is 0 Å². The van der Waals surface area contributed by atoms with E-state index in [1.54, 1.807) is 0 Å². The van der Waals surface area contributed by atoms with Crippen molar-refractivity contribution >= 4 is 10.8 Å². The van der Waals surface area contributed by atoms with Gasteiger partial charge < -0.3 is 5.11 Å². The maximum atomic E-state index is 9.71. The first kappa shape index (κ1) is 8.01. The van der Waals surface area contributed by atoms with Gasteiger partial charge in [-0.05, 0) is 34.7 Å². The number of aliphatic hydroxyl groups is 1. The molecule has 2 aromatic rings. The van der Waals surface area contributed by atoms with Crippen molar-refractivity contribution in [3.63, 3.8) is 0 Å². The van der Waals surface area contributed by atoms with Crippen molar-refractivity contribution in [3.8, 4) is 0 Å². The lowest BCUT2D eigenvalue weighted by Crippen LogP contribution is -2.18. The van der Waals surface area contributed by atoms with E-state index in [4.69, 9.17) is 0 Å². The quantitative estimate of drug-likeness (QED) is 0.666. The van der Waals surface area contributed by atoms with Crippen LogP contribution >= 0.6 is 0 Å². The zero-order chi connectivity index (χ0) is 9.54. The normalized spacial score (nSPS) is 16.1. The molecule has 0 radical (unpaired) electrons. The van der Waals surface area contributed by atoms with Gasteiger partial charge in [0.05, 0.1) is 6.10 Å². The van der Waals surface area contributed by atoms with E-state index >= 15 is 0 Å². The van der Waals surface area contributed by atoms with Crippen LogP contribution < -0.4 is 0 Å². The molecule has 0 unspecified atom stereocenters. The van der Waals surface area contributed by atoms with Crippen LogP contribution in [0.3, 0.4) is 0 Å². The summed E-state index contributed by atoms with van der Waals surface area (Å²) in [5, 5.41) is 12.4. The highest BCUT2D eigenvalue weighted by atomic mass is 16.3. The molecule has 0 aromatic heterocycles. The Balaban J connectivity index is 2.40. The molecule has 0 heterocycles. The molecule has 0 saturated carbocycles. The summed E-state index contributed by atoms with van der Waals surface area (Å²) in [7, 11) is 0. The third kappa shape index (κ3) is 1.06. The van der Waals surface area contributed by atoms with Crippen molar-refractivity contribution in [2.45, 2.75) is 18.9 Å². The molecular formula is C13H12O. The van der Waals surface area contributed by atoms with Crippen LogP contribution in [0.1, 0.15) is 11.1 Å². The standard InChI is InChI=1S/C13H12O/c14-12-7-10-5-1-3-9-4-2-6-11(8-12)13(9)10/h1-6,12,14H,7-8H2. The number of rotatable bonds is 0. The summed E-state index contributed by atoms with van der Waals surface area (Å²) in [5.41, 5.74) is 2.58. The fourth-order valence-corrected chi connectivity index (χ4v) is 2.42. The number of aliphatic hydroxyl groups excluding tert-OH is 1. The molecule has 1 N–H and O–H groups in total. The van der Waals surface area contributed by atoms with Crippen LogP contribution in [0.15, 0.2) is 36.4 Å². The van der Waals surface area contributed by atoms with E-state index < -0.39 is 0 Å². The van der Waals surface area contributed by atoms with Crippen molar-refractivity contribution in [3.05, 3.63) is 47.5 Å². The second-order valence-electron chi connectivity index (χ2n) is 3.99. The van der Waals surface area contributed by atoms with Gasteiger partial charge in [-0.2, -0.15) is 0 Å². The molecule has 1 aliphatic carbocycles. The van der Waals surface area contributed by atoms with Crippen molar-refractivity contribution in [2.24, 2.45) is 0 Å². The van der Waals surface area contributed by atoms with Crippen LogP contribution in [0.2, 0.25) is 0 Å². The number of hydrogen-bond donors (Lipinski definition) is 1. The number of benzene rings is 2. The van der Waals surface area contributed by atoms with E-state index in [9.17, 15) is 5.11 Å². The Hall–Kier alpha value is -1.34. The van der Waals surface area contributed by atoms with Crippen molar-refractivity contribution < 1.29 is 5.11 Å². The summed E-state index contributed by atoms with van der Waals surface area (Å²) in [5.74, 6) is 0. The summed E-state index contributed by atoms with van der Waals surface area (Å²) in [6.07, 6.45) is 1.40. The summed E-state index contributed by atoms with van der Waals surface area (Å²) < 4.78 is 0. The average molecular weight is 184 g/mol. The van der Waals surface area contributed by atoms with E-state index in [0.717, 1.165) is 12.8 Å². The Morgan fingerprint density at radius 3 is 2.07 bits per heavy atom. The summed E-state index contributed by atoms with van der Waals surface area (Å²) in [6, 6.07) is 12.7. The van der Waals surface area contributed by atoms with Gasteiger partial charge in [0.25, 0.3) is 0 Å². The van der Waals surface area contributed by atoms with Crippen LogP contribution in [-0.2, 0) is 12.8 Å². The van der Waals surface area contributed by atoms with Crippen LogP contribution in [0.4, 0.5) is 0 Å². The molecule has 1 nitrogen and oxygen atoms in total. The summed E-state index contributed by atoms with van der Waals surface area (Å²) >= 11 is 0. The Morgan fingerprint density at radius 1 is 0.929 bits per heavy atom. The zero-order valence-corrected chi connectivity index (χ0v) is 7.90. The third-order valence-corrected chi connectivity index (χ3v) is 2.99. The first-order valence-corrected chi connectivity index (χ1v) is 5.02. The second kappa shape index (κ2) is 2.82. The SMILES string of the molecule is OC1Cc2cccc3cccc(c23)C1. The predicted octanol–water partition coefficient (Wildman–Crippen LogP) is 2.30. The van der Waals surface area contributed by atoms with E-state index in [0.29, 0.717) is 0 Å². The Labute approximate surface area is 83.0 Å². The topological polar surface area (TPSA) is 20.2 Å². The molecule has 0 spiro atoms. The molecule has 0 aliphatic heterocycles. The van der Waals surface area contributed by atoms with Gasteiger partial charge in [0, 0.05) is 0 Å². The van der Waals surface area contributed by atoms with E-state index in [-0.39, 0.29) is 6.10 Å². The minimum Gasteiger partial charge on any atom is -0.392 e.